The molecule has 2 N–H and O–H groups in total. The van der Waals surface area contributed by atoms with Crippen LogP contribution in [0.15, 0.2) is 102 Å². The van der Waals surface area contributed by atoms with Crippen LogP contribution in [-0.4, -0.2) is 31.4 Å². The van der Waals surface area contributed by atoms with Crippen molar-refractivity contribution >= 4 is 27.6 Å². The van der Waals surface area contributed by atoms with Gasteiger partial charge in [0.25, 0.3) is 10.0 Å². The standard InChI is InChI=1S/C32H27F3N2O5S/c33-32(34,35)26-6-3-5-24(18-26)23-13-15-27(16-14-23)43(41,42)37-28-7-2-1-4-25(28)19-29(37)31(40)36-20-22-10-8-21(9-11-22)12-17-30(38)39/h1-11,13-16,18,29H,12,17,19-20H2,(H,36,40)(H,38,39)/t29-/m0/s1. The van der Waals surface area contributed by atoms with Crippen molar-refractivity contribution in [3.63, 3.8) is 0 Å². The van der Waals surface area contributed by atoms with Crippen molar-refractivity contribution in [3.05, 3.63) is 119 Å². The predicted octanol–water partition coefficient (Wildman–Crippen LogP) is 5.83. The number of carboxylic acids is 1. The van der Waals surface area contributed by atoms with E-state index in [2.05, 4.69) is 5.32 Å². The molecular weight excluding hydrogens is 581 g/mol. The summed E-state index contributed by atoms with van der Waals surface area (Å²) in [6.07, 6.45) is -3.95. The van der Waals surface area contributed by atoms with Crippen LogP contribution in [0.5, 0.6) is 0 Å². The summed E-state index contributed by atoms with van der Waals surface area (Å²) >= 11 is 0. The Balaban J connectivity index is 1.36. The van der Waals surface area contributed by atoms with Gasteiger partial charge in [-0.15, -0.1) is 0 Å². The number of sulfonamides is 1. The Morgan fingerprint density at radius 2 is 1.53 bits per heavy atom. The molecule has 0 bridgehead atoms. The highest BCUT2D eigenvalue weighted by Crippen LogP contribution is 2.38. The third-order valence-corrected chi connectivity index (χ3v) is 9.12. The number of benzene rings is 4. The average Bonchev–Trinajstić information content (AvgIpc) is 3.40. The third kappa shape index (κ3) is 6.56. The number of aliphatic carboxylic acids is 1. The van der Waals surface area contributed by atoms with E-state index in [9.17, 15) is 31.2 Å². The Kier molecular flexibility index (Phi) is 8.27. The van der Waals surface area contributed by atoms with Crippen LogP contribution in [0.2, 0.25) is 0 Å². The Morgan fingerprint density at radius 1 is 0.860 bits per heavy atom. The number of carboxylic acid groups (broad SMARTS) is 1. The Morgan fingerprint density at radius 3 is 2.21 bits per heavy atom. The van der Waals surface area contributed by atoms with Crippen LogP contribution in [0.25, 0.3) is 11.1 Å². The van der Waals surface area contributed by atoms with Crippen LogP contribution in [0.1, 0.15) is 28.7 Å². The SMILES string of the molecule is O=C(O)CCc1ccc(CNC(=O)[C@@H]2Cc3ccccc3N2S(=O)(=O)c2ccc(-c3cccc(C(F)(F)F)c3)cc2)cc1. The lowest BCUT2D eigenvalue weighted by Crippen LogP contribution is -2.47. The molecule has 4 aromatic rings. The fourth-order valence-electron chi connectivity index (χ4n) is 5.04. The zero-order valence-electron chi connectivity index (χ0n) is 22.7. The Bertz CT molecular complexity index is 1760. The number of para-hydroxylation sites is 1. The summed E-state index contributed by atoms with van der Waals surface area (Å²) < 4.78 is 68.5. The molecule has 0 aromatic heterocycles. The van der Waals surface area contributed by atoms with Crippen molar-refractivity contribution in [2.75, 3.05) is 4.31 Å². The van der Waals surface area contributed by atoms with Crippen LogP contribution >= 0.6 is 0 Å². The number of aryl methyl sites for hydroxylation is 1. The van der Waals surface area contributed by atoms with Gasteiger partial charge in [0.1, 0.15) is 6.04 Å². The number of amides is 1. The molecule has 11 heteroatoms. The minimum atomic E-state index is -4.51. The van der Waals surface area contributed by atoms with Gasteiger partial charge in [-0.1, -0.05) is 66.7 Å². The smallest absolute Gasteiger partial charge is 0.416 e. The van der Waals surface area contributed by atoms with E-state index < -0.39 is 39.7 Å². The molecule has 43 heavy (non-hydrogen) atoms. The number of carbonyl (C=O) groups is 2. The first-order valence-corrected chi connectivity index (χ1v) is 14.8. The van der Waals surface area contributed by atoms with Crippen LogP contribution in [0, 0.1) is 0 Å². The number of nitrogens with zero attached hydrogens (tertiary/aromatic N) is 1. The van der Waals surface area contributed by atoms with Crippen molar-refractivity contribution in [3.8, 4) is 11.1 Å². The van der Waals surface area contributed by atoms with E-state index in [0.717, 1.165) is 27.6 Å². The predicted molar refractivity (Wildman–Crippen MR) is 155 cm³/mol. The van der Waals surface area contributed by atoms with E-state index in [1.165, 1.54) is 36.4 Å². The quantitative estimate of drug-likeness (QED) is 0.249. The van der Waals surface area contributed by atoms with Gasteiger partial charge in [0, 0.05) is 19.4 Å². The van der Waals surface area contributed by atoms with Crippen LogP contribution < -0.4 is 9.62 Å². The largest absolute Gasteiger partial charge is 0.481 e. The van der Waals surface area contributed by atoms with E-state index in [1.54, 1.807) is 48.5 Å². The molecule has 1 aliphatic rings. The van der Waals surface area contributed by atoms with Crippen molar-refractivity contribution < 1.29 is 36.3 Å². The summed E-state index contributed by atoms with van der Waals surface area (Å²) in [7, 11) is -4.23. The molecule has 0 fully saturated rings. The number of nitrogens with one attached hydrogen (secondary N) is 1. The van der Waals surface area contributed by atoms with Crippen LogP contribution in [0.3, 0.4) is 0 Å². The van der Waals surface area contributed by atoms with Gasteiger partial charge < -0.3 is 10.4 Å². The van der Waals surface area contributed by atoms with Crippen LogP contribution in [0.4, 0.5) is 18.9 Å². The summed E-state index contributed by atoms with van der Waals surface area (Å²) in [4.78, 5) is 24.1. The Hall–Kier alpha value is -4.64. The van der Waals surface area contributed by atoms with Gasteiger partial charge in [-0.25, -0.2) is 8.42 Å². The minimum Gasteiger partial charge on any atom is -0.481 e. The topological polar surface area (TPSA) is 104 Å². The maximum Gasteiger partial charge on any atom is 0.416 e. The van der Waals surface area contributed by atoms with E-state index in [1.807, 2.05) is 0 Å². The second-order valence-electron chi connectivity index (χ2n) is 10.2. The second kappa shape index (κ2) is 11.9. The molecule has 222 valence electrons. The molecule has 0 radical (unpaired) electrons. The molecule has 1 aliphatic heterocycles. The molecule has 7 nitrogen and oxygen atoms in total. The monoisotopic (exact) mass is 608 g/mol. The summed E-state index contributed by atoms with van der Waals surface area (Å²) in [6, 6.07) is 23.2. The number of alkyl halides is 3. The minimum absolute atomic E-state index is 0.0105. The van der Waals surface area contributed by atoms with Crippen molar-refractivity contribution in [1.29, 1.82) is 0 Å². The first kappa shape index (κ1) is 29.8. The van der Waals surface area contributed by atoms with Gasteiger partial charge in [-0.3, -0.25) is 13.9 Å². The van der Waals surface area contributed by atoms with Crippen LogP contribution in [-0.2, 0) is 45.2 Å². The highest BCUT2D eigenvalue weighted by molar-refractivity contribution is 7.93. The summed E-state index contributed by atoms with van der Waals surface area (Å²) in [6.45, 7) is 0.143. The zero-order valence-corrected chi connectivity index (χ0v) is 23.5. The van der Waals surface area contributed by atoms with E-state index >= 15 is 0 Å². The number of hydrogen-bond donors (Lipinski definition) is 2. The maximum atomic E-state index is 13.9. The summed E-state index contributed by atoms with van der Waals surface area (Å²) in [5.41, 5.74) is 2.58. The lowest BCUT2D eigenvalue weighted by atomic mass is 10.0. The molecule has 0 unspecified atom stereocenters. The molecule has 0 saturated carbocycles. The van der Waals surface area contributed by atoms with Gasteiger partial charge in [0.05, 0.1) is 16.1 Å². The number of halogens is 3. The first-order valence-electron chi connectivity index (χ1n) is 13.4. The molecule has 1 heterocycles. The van der Waals surface area contributed by atoms with Crippen molar-refractivity contribution in [1.82, 2.24) is 5.32 Å². The molecule has 0 saturated heterocycles. The number of anilines is 1. The molecule has 4 aromatic carbocycles. The zero-order chi connectivity index (χ0) is 30.8. The first-order chi connectivity index (χ1) is 20.4. The Labute approximate surface area is 246 Å². The third-order valence-electron chi connectivity index (χ3n) is 7.28. The van der Waals surface area contributed by atoms with Gasteiger partial charge in [-0.2, -0.15) is 13.2 Å². The van der Waals surface area contributed by atoms with E-state index in [0.29, 0.717) is 23.2 Å². The molecule has 1 atom stereocenters. The fraction of sp³-hybridized carbons (Fsp3) is 0.188. The van der Waals surface area contributed by atoms with Gasteiger partial charge >= 0.3 is 12.1 Å². The normalized spacial score (nSPS) is 14.8. The van der Waals surface area contributed by atoms with Gasteiger partial charge in [-0.05, 0) is 64.6 Å². The van der Waals surface area contributed by atoms with Crippen molar-refractivity contribution in [2.45, 2.75) is 42.9 Å². The van der Waals surface area contributed by atoms with Gasteiger partial charge in [0.2, 0.25) is 5.91 Å². The van der Waals surface area contributed by atoms with Gasteiger partial charge in [0.15, 0.2) is 0 Å². The highest BCUT2D eigenvalue weighted by atomic mass is 32.2. The summed E-state index contributed by atoms with van der Waals surface area (Å²) in [5.74, 6) is -1.38. The lowest BCUT2D eigenvalue weighted by Gasteiger charge is -2.26. The number of hydrogen-bond acceptors (Lipinski definition) is 4. The fourth-order valence-corrected chi connectivity index (χ4v) is 6.69. The molecule has 1 amide bonds. The average molecular weight is 609 g/mol. The highest BCUT2D eigenvalue weighted by Gasteiger charge is 2.42. The lowest BCUT2D eigenvalue weighted by molar-refractivity contribution is -0.138. The number of fused-ring (bicyclic) bond motifs is 1. The van der Waals surface area contributed by atoms with Crippen molar-refractivity contribution in [2.24, 2.45) is 0 Å². The number of carbonyl (C=O) groups excluding carboxylic acids is 1. The molecular formula is C32H27F3N2O5S. The molecule has 5 rings (SSSR count). The van der Waals surface area contributed by atoms with E-state index in [4.69, 9.17) is 5.11 Å². The molecule has 0 spiro atoms. The maximum absolute atomic E-state index is 13.9. The number of rotatable bonds is 9. The molecule has 0 aliphatic carbocycles. The second-order valence-corrected chi connectivity index (χ2v) is 12.0. The van der Waals surface area contributed by atoms with E-state index in [-0.39, 0.29) is 29.8 Å². The summed E-state index contributed by atoms with van der Waals surface area (Å²) in [5, 5.41) is 11.7.